The molecule has 19 heavy (non-hydrogen) atoms. The molecule has 4 nitrogen and oxygen atoms in total. The van der Waals surface area contributed by atoms with Crippen LogP contribution in [0, 0.1) is 0 Å². The maximum absolute atomic E-state index is 11.5. The molecule has 0 fully saturated rings. The van der Waals surface area contributed by atoms with Crippen LogP contribution in [-0.2, 0) is 6.54 Å². The van der Waals surface area contributed by atoms with E-state index in [2.05, 4.69) is 0 Å². The molecule has 0 saturated carbocycles. The number of ether oxygens (including phenoxy) is 1. The second kappa shape index (κ2) is 5.99. The molecule has 2 N–H and O–H groups in total. The highest BCUT2D eigenvalue weighted by Gasteiger charge is 2.06. The van der Waals surface area contributed by atoms with Crippen molar-refractivity contribution in [3.63, 3.8) is 0 Å². The van der Waals surface area contributed by atoms with Gasteiger partial charge in [-0.1, -0.05) is 29.3 Å². The zero-order valence-electron chi connectivity index (χ0n) is 9.98. The molecule has 0 aliphatic heterocycles. The van der Waals surface area contributed by atoms with Crippen LogP contribution in [0.4, 0.5) is 5.69 Å². The maximum Gasteiger partial charge on any atom is 0.250 e. The van der Waals surface area contributed by atoms with Gasteiger partial charge < -0.3 is 15.0 Å². The van der Waals surface area contributed by atoms with Crippen molar-refractivity contribution in [2.75, 3.05) is 12.3 Å². The second-order valence-corrected chi connectivity index (χ2v) is 4.70. The third-order valence-electron chi connectivity index (χ3n) is 2.54. The first-order chi connectivity index (χ1) is 9.08. The number of aromatic nitrogens is 1. The summed E-state index contributed by atoms with van der Waals surface area (Å²) in [4.78, 5) is 11.5. The number of rotatable bonds is 4. The van der Waals surface area contributed by atoms with Gasteiger partial charge in [0, 0.05) is 18.3 Å². The Morgan fingerprint density at radius 1 is 1.21 bits per heavy atom. The van der Waals surface area contributed by atoms with Gasteiger partial charge in [-0.3, -0.25) is 4.79 Å². The van der Waals surface area contributed by atoms with Crippen LogP contribution in [0.2, 0.25) is 10.0 Å². The smallest absolute Gasteiger partial charge is 0.250 e. The van der Waals surface area contributed by atoms with E-state index in [-0.39, 0.29) is 5.56 Å². The molecule has 0 atom stereocenters. The van der Waals surface area contributed by atoms with E-state index in [1.54, 1.807) is 29.0 Å². The fourth-order valence-corrected chi connectivity index (χ4v) is 1.89. The van der Waals surface area contributed by atoms with Crippen molar-refractivity contribution < 1.29 is 4.74 Å². The standard InChI is InChI=1S/C13H12Cl2N2O2/c14-9-7-11(16)12(8-10(9)15)19-6-5-17-4-2-1-3-13(17)18/h1-4,7-8H,5-6,16H2. The van der Waals surface area contributed by atoms with Gasteiger partial charge in [-0.2, -0.15) is 0 Å². The normalized spacial score (nSPS) is 10.4. The lowest BCUT2D eigenvalue weighted by molar-refractivity contribution is 0.298. The molecule has 1 heterocycles. The van der Waals surface area contributed by atoms with Crippen molar-refractivity contribution >= 4 is 28.9 Å². The summed E-state index contributed by atoms with van der Waals surface area (Å²) in [5.74, 6) is 0.457. The predicted molar refractivity (Wildman–Crippen MR) is 77.1 cm³/mol. The van der Waals surface area contributed by atoms with Gasteiger partial charge in [0.25, 0.3) is 5.56 Å². The van der Waals surface area contributed by atoms with Crippen LogP contribution in [-0.4, -0.2) is 11.2 Å². The number of nitrogen functional groups attached to an aromatic ring is 1. The summed E-state index contributed by atoms with van der Waals surface area (Å²) in [5, 5.41) is 0.758. The molecule has 0 amide bonds. The fourth-order valence-electron chi connectivity index (χ4n) is 1.57. The van der Waals surface area contributed by atoms with E-state index in [4.69, 9.17) is 33.7 Å². The van der Waals surface area contributed by atoms with Gasteiger partial charge in [-0.15, -0.1) is 0 Å². The fraction of sp³-hybridized carbons (Fsp3) is 0.154. The minimum Gasteiger partial charge on any atom is -0.490 e. The highest BCUT2D eigenvalue weighted by Crippen LogP contribution is 2.32. The van der Waals surface area contributed by atoms with Crippen molar-refractivity contribution in [1.82, 2.24) is 4.57 Å². The lowest BCUT2D eigenvalue weighted by Gasteiger charge is -2.11. The van der Waals surface area contributed by atoms with Crippen LogP contribution in [0.25, 0.3) is 0 Å². The third kappa shape index (κ3) is 3.43. The summed E-state index contributed by atoms with van der Waals surface area (Å²) in [6, 6.07) is 8.07. The number of hydrogen-bond acceptors (Lipinski definition) is 3. The molecule has 2 rings (SSSR count). The van der Waals surface area contributed by atoms with Gasteiger partial charge in [0.15, 0.2) is 0 Å². The zero-order valence-corrected chi connectivity index (χ0v) is 11.5. The topological polar surface area (TPSA) is 57.2 Å². The lowest BCUT2D eigenvalue weighted by atomic mass is 10.3. The van der Waals surface area contributed by atoms with Gasteiger partial charge in [0.05, 0.1) is 22.3 Å². The molecule has 0 bridgehead atoms. The molecule has 0 aliphatic rings. The highest BCUT2D eigenvalue weighted by molar-refractivity contribution is 6.42. The number of pyridine rings is 1. The van der Waals surface area contributed by atoms with Crippen molar-refractivity contribution in [2.24, 2.45) is 0 Å². The summed E-state index contributed by atoms with van der Waals surface area (Å²) in [7, 11) is 0. The number of halogens is 2. The number of hydrogen-bond donors (Lipinski definition) is 1. The van der Waals surface area contributed by atoms with Crippen molar-refractivity contribution in [2.45, 2.75) is 6.54 Å². The van der Waals surface area contributed by atoms with Gasteiger partial charge >= 0.3 is 0 Å². The quantitative estimate of drug-likeness (QED) is 0.883. The van der Waals surface area contributed by atoms with Gasteiger partial charge in [0.1, 0.15) is 12.4 Å². The van der Waals surface area contributed by atoms with E-state index in [9.17, 15) is 4.79 Å². The molecule has 1 aromatic heterocycles. The average Bonchev–Trinajstić information content (AvgIpc) is 2.38. The Bertz CT molecular complexity index is 641. The molecule has 6 heteroatoms. The number of nitrogens with zero attached hydrogens (tertiary/aromatic N) is 1. The van der Waals surface area contributed by atoms with E-state index in [1.165, 1.54) is 12.1 Å². The summed E-state index contributed by atoms with van der Waals surface area (Å²) >= 11 is 11.7. The number of benzene rings is 1. The first-order valence-electron chi connectivity index (χ1n) is 5.60. The molecule has 0 radical (unpaired) electrons. The molecule has 0 saturated heterocycles. The van der Waals surface area contributed by atoms with Crippen LogP contribution < -0.4 is 16.0 Å². The Morgan fingerprint density at radius 2 is 1.95 bits per heavy atom. The summed E-state index contributed by atoms with van der Waals surface area (Å²) < 4.78 is 7.05. The summed E-state index contributed by atoms with van der Waals surface area (Å²) in [6.45, 7) is 0.742. The van der Waals surface area contributed by atoms with Crippen molar-refractivity contribution in [3.8, 4) is 5.75 Å². The molecular formula is C13H12Cl2N2O2. The SMILES string of the molecule is Nc1cc(Cl)c(Cl)cc1OCCn1ccccc1=O. The molecule has 0 aliphatic carbocycles. The van der Waals surface area contributed by atoms with Crippen molar-refractivity contribution in [1.29, 1.82) is 0 Å². The maximum atomic E-state index is 11.5. The Kier molecular flexibility index (Phi) is 4.35. The largest absolute Gasteiger partial charge is 0.490 e. The zero-order chi connectivity index (χ0) is 13.8. The first-order valence-corrected chi connectivity index (χ1v) is 6.36. The Hall–Kier alpha value is -1.65. The lowest BCUT2D eigenvalue weighted by Crippen LogP contribution is -2.21. The Morgan fingerprint density at radius 3 is 2.68 bits per heavy atom. The summed E-state index contributed by atoms with van der Waals surface area (Å²) in [6.07, 6.45) is 1.70. The highest BCUT2D eigenvalue weighted by atomic mass is 35.5. The molecular weight excluding hydrogens is 287 g/mol. The van der Waals surface area contributed by atoms with Crippen LogP contribution >= 0.6 is 23.2 Å². The minimum absolute atomic E-state index is 0.0757. The van der Waals surface area contributed by atoms with E-state index < -0.39 is 0 Å². The summed E-state index contributed by atoms with van der Waals surface area (Å²) in [5.41, 5.74) is 6.10. The van der Waals surface area contributed by atoms with E-state index in [1.807, 2.05) is 0 Å². The van der Waals surface area contributed by atoms with Gasteiger partial charge in [0.2, 0.25) is 0 Å². The molecule has 2 aromatic rings. The molecule has 100 valence electrons. The monoisotopic (exact) mass is 298 g/mol. The van der Waals surface area contributed by atoms with E-state index in [0.29, 0.717) is 34.6 Å². The van der Waals surface area contributed by atoms with Crippen LogP contribution in [0.15, 0.2) is 41.3 Å². The van der Waals surface area contributed by atoms with Gasteiger partial charge in [-0.25, -0.2) is 0 Å². The van der Waals surface area contributed by atoms with Gasteiger partial charge in [-0.05, 0) is 12.1 Å². The minimum atomic E-state index is -0.0757. The molecule has 0 spiro atoms. The number of anilines is 1. The average molecular weight is 299 g/mol. The van der Waals surface area contributed by atoms with E-state index in [0.717, 1.165) is 0 Å². The second-order valence-electron chi connectivity index (χ2n) is 3.88. The van der Waals surface area contributed by atoms with Crippen LogP contribution in [0.1, 0.15) is 0 Å². The Balaban J connectivity index is 2.02. The van der Waals surface area contributed by atoms with E-state index >= 15 is 0 Å². The first kappa shape index (κ1) is 13.8. The third-order valence-corrected chi connectivity index (χ3v) is 3.26. The number of nitrogens with two attached hydrogens (primary N) is 1. The van der Waals surface area contributed by atoms with Crippen LogP contribution in [0.5, 0.6) is 5.75 Å². The van der Waals surface area contributed by atoms with Crippen molar-refractivity contribution in [3.05, 3.63) is 56.9 Å². The predicted octanol–water partition coefficient (Wildman–Crippen LogP) is 2.82. The molecule has 0 unspecified atom stereocenters. The Labute approximate surface area is 120 Å². The van der Waals surface area contributed by atoms with Crippen LogP contribution in [0.3, 0.4) is 0 Å². The molecule has 1 aromatic carbocycles.